The number of hydrogen-bond donors (Lipinski definition) is 0. The number of anilines is 1. The fraction of sp³-hybridized carbons (Fsp3) is 0.364. The molecule has 1 aromatic rings. The summed E-state index contributed by atoms with van der Waals surface area (Å²) in [5, 5.41) is 0. The highest BCUT2D eigenvalue weighted by Crippen LogP contribution is 2.33. The molecular formula is C11H13NO2. The van der Waals surface area contributed by atoms with Gasteiger partial charge in [0, 0.05) is 11.7 Å². The Morgan fingerprint density at radius 2 is 2.36 bits per heavy atom. The van der Waals surface area contributed by atoms with E-state index in [4.69, 9.17) is 4.74 Å². The van der Waals surface area contributed by atoms with Crippen LogP contribution in [0.15, 0.2) is 18.2 Å². The standard InChI is InChI=1S/C11H13NO2/c1-8-5-9-6-10(14-2)3-4-11(9)12(8)7-13/h3-4,6-8H,5H2,1-2H3. The van der Waals surface area contributed by atoms with E-state index < -0.39 is 0 Å². The number of ether oxygens (including phenoxy) is 1. The van der Waals surface area contributed by atoms with Crippen molar-refractivity contribution in [3.8, 4) is 5.75 Å². The summed E-state index contributed by atoms with van der Waals surface area (Å²) in [6.07, 6.45) is 1.80. The predicted octanol–water partition coefficient (Wildman–Crippen LogP) is 1.60. The van der Waals surface area contributed by atoms with E-state index in [0.717, 1.165) is 24.3 Å². The number of hydrogen-bond acceptors (Lipinski definition) is 2. The van der Waals surface area contributed by atoms with Crippen LogP contribution >= 0.6 is 0 Å². The first-order valence-electron chi connectivity index (χ1n) is 4.67. The quantitative estimate of drug-likeness (QED) is 0.664. The summed E-state index contributed by atoms with van der Waals surface area (Å²) < 4.78 is 5.14. The first kappa shape index (κ1) is 9.06. The number of carbonyl (C=O) groups excluding carboxylic acids is 1. The van der Waals surface area contributed by atoms with Gasteiger partial charge >= 0.3 is 0 Å². The Kier molecular flexibility index (Phi) is 2.15. The van der Waals surface area contributed by atoms with Crippen LogP contribution in [0.5, 0.6) is 5.75 Å². The monoisotopic (exact) mass is 191 g/mol. The van der Waals surface area contributed by atoms with E-state index in [9.17, 15) is 4.79 Å². The number of benzene rings is 1. The van der Waals surface area contributed by atoms with E-state index in [1.165, 1.54) is 5.56 Å². The highest BCUT2D eigenvalue weighted by Gasteiger charge is 2.25. The van der Waals surface area contributed by atoms with Crippen LogP contribution in [0.4, 0.5) is 5.69 Å². The van der Waals surface area contributed by atoms with Gasteiger partial charge in [0.05, 0.1) is 7.11 Å². The van der Waals surface area contributed by atoms with Crippen molar-refractivity contribution in [2.75, 3.05) is 12.0 Å². The Morgan fingerprint density at radius 1 is 1.57 bits per heavy atom. The van der Waals surface area contributed by atoms with Crippen LogP contribution in [0.3, 0.4) is 0 Å². The fourth-order valence-electron chi connectivity index (χ4n) is 1.92. The number of amides is 1. The summed E-state index contributed by atoms with van der Waals surface area (Å²) in [4.78, 5) is 12.6. The summed E-state index contributed by atoms with van der Waals surface area (Å²) in [5.74, 6) is 0.851. The molecule has 1 atom stereocenters. The van der Waals surface area contributed by atoms with Crippen molar-refractivity contribution in [1.29, 1.82) is 0 Å². The molecule has 0 aromatic heterocycles. The first-order valence-corrected chi connectivity index (χ1v) is 4.67. The smallest absolute Gasteiger partial charge is 0.214 e. The minimum atomic E-state index is 0.259. The Balaban J connectivity index is 2.42. The molecule has 0 N–H and O–H groups in total. The minimum Gasteiger partial charge on any atom is -0.497 e. The van der Waals surface area contributed by atoms with Crippen LogP contribution in [-0.4, -0.2) is 19.6 Å². The molecule has 0 radical (unpaired) electrons. The zero-order valence-electron chi connectivity index (χ0n) is 8.36. The van der Waals surface area contributed by atoms with E-state index in [2.05, 4.69) is 0 Å². The SMILES string of the molecule is COc1ccc2c(c1)CC(C)N2C=O. The maximum Gasteiger partial charge on any atom is 0.214 e. The maximum atomic E-state index is 10.8. The lowest BCUT2D eigenvalue weighted by Gasteiger charge is -2.15. The number of fused-ring (bicyclic) bond motifs is 1. The molecule has 14 heavy (non-hydrogen) atoms. The number of nitrogens with zero attached hydrogens (tertiary/aromatic N) is 1. The lowest BCUT2D eigenvalue weighted by Crippen LogP contribution is -2.27. The molecule has 1 unspecified atom stereocenters. The lowest BCUT2D eigenvalue weighted by atomic mass is 10.1. The zero-order chi connectivity index (χ0) is 10.1. The lowest BCUT2D eigenvalue weighted by molar-refractivity contribution is -0.107. The van der Waals surface area contributed by atoms with Gasteiger partial charge in [-0.05, 0) is 37.1 Å². The van der Waals surface area contributed by atoms with Gasteiger partial charge in [0.1, 0.15) is 5.75 Å². The second kappa shape index (κ2) is 3.33. The summed E-state index contributed by atoms with van der Waals surface area (Å²) in [5.41, 5.74) is 2.19. The summed E-state index contributed by atoms with van der Waals surface area (Å²) in [7, 11) is 1.65. The molecule has 1 aliphatic rings. The molecule has 0 spiro atoms. The first-order chi connectivity index (χ1) is 6.76. The molecule has 1 aromatic carbocycles. The molecule has 0 saturated heterocycles. The van der Waals surface area contributed by atoms with Gasteiger partial charge in [-0.3, -0.25) is 4.79 Å². The number of methoxy groups -OCH3 is 1. The van der Waals surface area contributed by atoms with Crippen LogP contribution < -0.4 is 9.64 Å². The number of rotatable bonds is 2. The average molecular weight is 191 g/mol. The normalized spacial score (nSPS) is 19.3. The molecule has 1 amide bonds. The van der Waals surface area contributed by atoms with Crippen molar-refractivity contribution in [3.05, 3.63) is 23.8 Å². The van der Waals surface area contributed by atoms with Gasteiger partial charge in [0.2, 0.25) is 6.41 Å². The average Bonchev–Trinajstić information content (AvgIpc) is 2.51. The van der Waals surface area contributed by atoms with E-state index >= 15 is 0 Å². The van der Waals surface area contributed by atoms with Crippen LogP contribution in [0, 0.1) is 0 Å². The fourth-order valence-corrected chi connectivity index (χ4v) is 1.92. The molecule has 0 aliphatic carbocycles. The molecule has 3 heteroatoms. The van der Waals surface area contributed by atoms with Gasteiger partial charge in [-0.15, -0.1) is 0 Å². The third-order valence-corrected chi connectivity index (χ3v) is 2.67. The van der Waals surface area contributed by atoms with Crippen molar-refractivity contribution in [2.45, 2.75) is 19.4 Å². The molecule has 2 rings (SSSR count). The molecule has 0 bridgehead atoms. The second-order valence-electron chi connectivity index (χ2n) is 3.56. The molecule has 74 valence electrons. The van der Waals surface area contributed by atoms with Gasteiger partial charge in [0.25, 0.3) is 0 Å². The van der Waals surface area contributed by atoms with E-state index in [1.54, 1.807) is 12.0 Å². The van der Waals surface area contributed by atoms with E-state index in [1.807, 2.05) is 25.1 Å². The largest absolute Gasteiger partial charge is 0.497 e. The van der Waals surface area contributed by atoms with Crippen molar-refractivity contribution < 1.29 is 9.53 Å². The molecule has 1 aliphatic heterocycles. The van der Waals surface area contributed by atoms with Gasteiger partial charge in [-0.25, -0.2) is 0 Å². The van der Waals surface area contributed by atoms with Crippen molar-refractivity contribution in [3.63, 3.8) is 0 Å². The van der Waals surface area contributed by atoms with Crippen LogP contribution in [-0.2, 0) is 11.2 Å². The Hall–Kier alpha value is -1.51. The summed E-state index contributed by atoms with van der Waals surface area (Å²) >= 11 is 0. The van der Waals surface area contributed by atoms with Crippen LogP contribution in [0.2, 0.25) is 0 Å². The molecular weight excluding hydrogens is 178 g/mol. The van der Waals surface area contributed by atoms with Gasteiger partial charge in [0.15, 0.2) is 0 Å². The second-order valence-corrected chi connectivity index (χ2v) is 3.56. The highest BCUT2D eigenvalue weighted by molar-refractivity contribution is 5.81. The zero-order valence-corrected chi connectivity index (χ0v) is 8.36. The van der Waals surface area contributed by atoms with Crippen molar-refractivity contribution >= 4 is 12.1 Å². The Labute approximate surface area is 83.3 Å². The third-order valence-electron chi connectivity index (χ3n) is 2.67. The van der Waals surface area contributed by atoms with Gasteiger partial charge in [-0.1, -0.05) is 0 Å². The summed E-state index contributed by atoms with van der Waals surface area (Å²) in [6, 6.07) is 6.07. The minimum absolute atomic E-state index is 0.259. The topological polar surface area (TPSA) is 29.5 Å². The Bertz CT molecular complexity index is 362. The molecule has 0 saturated carbocycles. The van der Waals surface area contributed by atoms with E-state index in [-0.39, 0.29) is 6.04 Å². The van der Waals surface area contributed by atoms with Crippen LogP contribution in [0.1, 0.15) is 12.5 Å². The van der Waals surface area contributed by atoms with Crippen molar-refractivity contribution in [1.82, 2.24) is 0 Å². The molecule has 0 fully saturated rings. The third kappa shape index (κ3) is 1.25. The summed E-state index contributed by atoms with van der Waals surface area (Å²) in [6.45, 7) is 2.04. The van der Waals surface area contributed by atoms with Gasteiger partial charge in [-0.2, -0.15) is 0 Å². The highest BCUT2D eigenvalue weighted by atomic mass is 16.5. The predicted molar refractivity (Wildman–Crippen MR) is 54.7 cm³/mol. The van der Waals surface area contributed by atoms with Gasteiger partial charge < -0.3 is 9.64 Å². The van der Waals surface area contributed by atoms with Crippen molar-refractivity contribution in [2.24, 2.45) is 0 Å². The van der Waals surface area contributed by atoms with E-state index in [0.29, 0.717) is 0 Å². The number of carbonyl (C=O) groups is 1. The van der Waals surface area contributed by atoms with Crippen LogP contribution in [0.25, 0.3) is 0 Å². The molecule has 3 nitrogen and oxygen atoms in total. The molecule has 1 heterocycles. The Morgan fingerprint density at radius 3 is 3.00 bits per heavy atom. The maximum absolute atomic E-state index is 10.8.